The zero-order chi connectivity index (χ0) is 20.5. The number of hydrogen-bond acceptors (Lipinski definition) is 2. The first-order valence-corrected chi connectivity index (χ1v) is 10.9. The molecule has 3 nitrogen and oxygen atoms in total. The molecule has 1 fully saturated rings. The van der Waals surface area contributed by atoms with Crippen molar-refractivity contribution in [2.45, 2.75) is 26.4 Å². The Kier molecular flexibility index (Phi) is 5.16. The number of aromatic nitrogens is 1. The van der Waals surface area contributed by atoms with Crippen LogP contribution in [0.3, 0.4) is 0 Å². The average molecular weight is 396 g/mol. The highest BCUT2D eigenvalue weighted by Gasteiger charge is 2.15. The van der Waals surface area contributed by atoms with Gasteiger partial charge in [0.25, 0.3) is 0 Å². The first-order chi connectivity index (χ1) is 14.6. The Morgan fingerprint density at radius 2 is 1.63 bits per heavy atom. The van der Waals surface area contributed by atoms with Crippen molar-refractivity contribution in [3.63, 3.8) is 0 Å². The van der Waals surface area contributed by atoms with Crippen LogP contribution in [0.25, 0.3) is 33.2 Å². The van der Waals surface area contributed by atoms with Gasteiger partial charge in [0.05, 0.1) is 0 Å². The van der Waals surface area contributed by atoms with Crippen molar-refractivity contribution >= 4 is 10.9 Å². The van der Waals surface area contributed by atoms with Gasteiger partial charge < -0.3 is 10.3 Å². The van der Waals surface area contributed by atoms with E-state index in [1.165, 1.54) is 44.3 Å². The molecule has 0 radical (unpaired) electrons. The number of rotatable bonds is 4. The van der Waals surface area contributed by atoms with Crippen molar-refractivity contribution in [3.05, 3.63) is 84.1 Å². The summed E-state index contributed by atoms with van der Waals surface area (Å²) in [5, 5.41) is 4.77. The van der Waals surface area contributed by atoms with Crippen molar-refractivity contribution in [2.24, 2.45) is 0 Å². The number of benzene rings is 3. The van der Waals surface area contributed by atoms with Gasteiger partial charge in [-0.3, -0.25) is 4.90 Å². The number of fused-ring (bicyclic) bond motifs is 1. The van der Waals surface area contributed by atoms with Crippen LogP contribution < -0.4 is 5.32 Å². The first kappa shape index (κ1) is 19.1. The van der Waals surface area contributed by atoms with Crippen LogP contribution >= 0.6 is 0 Å². The fourth-order valence-electron chi connectivity index (χ4n) is 4.57. The molecule has 0 bridgehead atoms. The molecule has 152 valence electrons. The van der Waals surface area contributed by atoms with Crippen LogP contribution in [0.2, 0.25) is 0 Å². The van der Waals surface area contributed by atoms with Crippen molar-refractivity contribution < 1.29 is 0 Å². The predicted molar refractivity (Wildman–Crippen MR) is 127 cm³/mol. The molecule has 2 N–H and O–H groups in total. The second-order valence-corrected chi connectivity index (χ2v) is 8.65. The number of piperazine rings is 1. The van der Waals surface area contributed by atoms with Crippen LogP contribution in [0.15, 0.2) is 72.9 Å². The summed E-state index contributed by atoms with van der Waals surface area (Å²) in [5.41, 5.74) is 8.94. The SMILES string of the molecule is Cc1cc(-c2ccc(CN3CCNC(C)C3)cc2)cc(-c2ccc3[nH]ccc3c2)c1. The van der Waals surface area contributed by atoms with Crippen LogP contribution in [0.5, 0.6) is 0 Å². The van der Waals surface area contributed by atoms with Gasteiger partial charge in [-0.05, 0) is 76.9 Å². The highest BCUT2D eigenvalue weighted by Crippen LogP contribution is 2.30. The fourth-order valence-corrected chi connectivity index (χ4v) is 4.57. The van der Waals surface area contributed by atoms with E-state index in [-0.39, 0.29) is 0 Å². The third kappa shape index (κ3) is 4.04. The van der Waals surface area contributed by atoms with Crippen LogP contribution in [0, 0.1) is 6.92 Å². The third-order valence-corrected chi connectivity index (χ3v) is 6.11. The minimum absolute atomic E-state index is 0.578. The zero-order valence-electron chi connectivity index (χ0n) is 17.8. The lowest BCUT2D eigenvalue weighted by Gasteiger charge is -2.31. The van der Waals surface area contributed by atoms with Gasteiger partial charge >= 0.3 is 0 Å². The number of hydrogen-bond donors (Lipinski definition) is 2. The summed E-state index contributed by atoms with van der Waals surface area (Å²) in [4.78, 5) is 5.82. The summed E-state index contributed by atoms with van der Waals surface area (Å²) in [6.07, 6.45) is 2.00. The smallest absolute Gasteiger partial charge is 0.0454 e. The molecule has 0 amide bonds. The van der Waals surface area contributed by atoms with Crippen molar-refractivity contribution in [2.75, 3.05) is 19.6 Å². The fraction of sp³-hybridized carbons (Fsp3) is 0.259. The molecule has 1 atom stereocenters. The Bertz CT molecular complexity index is 1160. The number of H-pyrrole nitrogens is 1. The van der Waals surface area contributed by atoms with Gasteiger partial charge in [-0.1, -0.05) is 42.5 Å². The van der Waals surface area contributed by atoms with E-state index in [1.54, 1.807) is 0 Å². The number of aromatic amines is 1. The molecular formula is C27H29N3. The molecule has 0 saturated carbocycles. The van der Waals surface area contributed by atoms with Crippen molar-refractivity contribution in [1.29, 1.82) is 0 Å². The number of nitrogens with one attached hydrogen (secondary N) is 2. The Balaban J connectivity index is 1.40. The molecule has 1 aromatic heterocycles. The predicted octanol–water partition coefficient (Wildman–Crippen LogP) is 5.60. The van der Waals surface area contributed by atoms with E-state index >= 15 is 0 Å². The van der Waals surface area contributed by atoms with Gasteiger partial charge in [0.1, 0.15) is 0 Å². The molecule has 0 aliphatic carbocycles. The lowest BCUT2D eigenvalue weighted by Crippen LogP contribution is -2.48. The molecule has 2 heterocycles. The summed E-state index contributed by atoms with van der Waals surface area (Å²) in [6, 6.07) is 25.3. The molecule has 1 unspecified atom stereocenters. The van der Waals surface area contributed by atoms with Gasteiger partial charge in [0, 0.05) is 43.9 Å². The molecule has 0 spiro atoms. The van der Waals surface area contributed by atoms with Gasteiger partial charge in [0.2, 0.25) is 0 Å². The molecule has 1 aliphatic heterocycles. The summed E-state index contributed by atoms with van der Waals surface area (Å²) < 4.78 is 0. The summed E-state index contributed by atoms with van der Waals surface area (Å²) in [6.45, 7) is 8.80. The van der Waals surface area contributed by atoms with E-state index < -0.39 is 0 Å². The minimum Gasteiger partial charge on any atom is -0.361 e. The average Bonchev–Trinajstić information content (AvgIpc) is 3.22. The standard InChI is InChI=1S/C27H29N3/c1-19-13-25(16-26(14-19)23-7-8-27-24(15-23)9-10-29-27)22-5-3-21(4-6-22)18-30-12-11-28-20(2)17-30/h3-10,13-16,20,28-29H,11-12,17-18H2,1-2H3. The Morgan fingerprint density at radius 1 is 0.867 bits per heavy atom. The summed E-state index contributed by atoms with van der Waals surface area (Å²) in [7, 11) is 0. The summed E-state index contributed by atoms with van der Waals surface area (Å²) >= 11 is 0. The van der Waals surface area contributed by atoms with Gasteiger partial charge in [-0.2, -0.15) is 0 Å². The highest BCUT2D eigenvalue weighted by atomic mass is 15.2. The molecule has 1 saturated heterocycles. The normalized spacial score (nSPS) is 17.5. The lowest BCUT2D eigenvalue weighted by atomic mass is 9.95. The van der Waals surface area contributed by atoms with E-state index in [1.807, 2.05) is 6.20 Å². The van der Waals surface area contributed by atoms with E-state index in [0.717, 1.165) is 26.2 Å². The molecule has 3 aromatic carbocycles. The molecule has 3 heteroatoms. The van der Waals surface area contributed by atoms with E-state index in [0.29, 0.717) is 6.04 Å². The maximum absolute atomic E-state index is 3.52. The van der Waals surface area contributed by atoms with E-state index in [2.05, 4.69) is 95.8 Å². The van der Waals surface area contributed by atoms with Crippen molar-refractivity contribution in [3.8, 4) is 22.3 Å². The number of aryl methyl sites for hydroxylation is 1. The Labute approximate surface area is 178 Å². The minimum atomic E-state index is 0.578. The highest BCUT2D eigenvalue weighted by molar-refractivity contribution is 5.86. The maximum Gasteiger partial charge on any atom is 0.0454 e. The van der Waals surface area contributed by atoms with Crippen LogP contribution in [-0.2, 0) is 6.54 Å². The largest absolute Gasteiger partial charge is 0.361 e. The van der Waals surface area contributed by atoms with Crippen LogP contribution in [-0.4, -0.2) is 35.6 Å². The Morgan fingerprint density at radius 3 is 2.43 bits per heavy atom. The Hall–Kier alpha value is -2.88. The number of nitrogens with zero attached hydrogens (tertiary/aromatic N) is 1. The van der Waals surface area contributed by atoms with Crippen molar-refractivity contribution in [1.82, 2.24) is 15.2 Å². The third-order valence-electron chi connectivity index (χ3n) is 6.11. The molecule has 4 aromatic rings. The zero-order valence-corrected chi connectivity index (χ0v) is 17.8. The first-order valence-electron chi connectivity index (χ1n) is 10.9. The molecular weight excluding hydrogens is 366 g/mol. The van der Waals surface area contributed by atoms with E-state index in [4.69, 9.17) is 0 Å². The second-order valence-electron chi connectivity index (χ2n) is 8.65. The summed E-state index contributed by atoms with van der Waals surface area (Å²) in [5.74, 6) is 0. The van der Waals surface area contributed by atoms with Gasteiger partial charge in [-0.25, -0.2) is 0 Å². The second kappa shape index (κ2) is 8.10. The maximum atomic E-state index is 3.52. The van der Waals surface area contributed by atoms with Crippen LogP contribution in [0.4, 0.5) is 0 Å². The van der Waals surface area contributed by atoms with Gasteiger partial charge in [-0.15, -0.1) is 0 Å². The van der Waals surface area contributed by atoms with E-state index in [9.17, 15) is 0 Å². The molecule has 1 aliphatic rings. The monoisotopic (exact) mass is 395 g/mol. The molecule has 5 rings (SSSR count). The topological polar surface area (TPSA) is 31.1 Å². The van der Waals surface area contributed by atoms with Gasteiger partial charge in [0.15, 0.2) is 0 Å². The van der Waals surface area contributed by atoms with Crippen LogP contribution in [0.1, 0.15) is 18.1 Å². The quantitative estimate of drug-likeness (QED) is 0.471. The lowest BCUT2D eigenvalue weighted by molar-refractivity contribution is 0.199. The molecule has 30 heavy (non-hydrogen) atoms.